The van der Waals surface area contributed by atoms with E-state index in [1.807, 2.05) is 6.26 Å². The molecule has 0 aromatic heterocycles. The van der Waals surface area contributed by atoms with Crippen molar-refractivity contribution in [3.63, 3.8) is 0 Å². The summed E-state index contributed by atoms with van der Waals surface area (Å²) in [6.45, 7) is 6.76. The Hall–Kier alpha value is -1.24. The third kappa shape index (κ3) is 6.79. The van der Waals surface area contributed by atoms with Gasteiger partial charge in [0.15, 0.2) is 0 Å². The lowest BCUT2D eigenvalue weighted by molar-refractivity contribution is -0.142. The molecule has 0 aromatic rings. The number of hydrogen-bond donors (Lipinski definition) is 3. The first kappa shape index (κ1) is 18.8. The van der Waals surface area contributed by atoms with Gasteiger partial charge in [-0.1, -0.05) is 20.8 Å². The summed E-state index contributed by atoms with van der Waals surface area (Å²) >= 11 is 1.51. The van der Waals surface area contributed by atoms with Crippen molar-refractivity contribution in [1.29, 1.82) is 0 Å². The van der Waals surface area contributed by atoms with Crippen LogP contribution in [0.1, 0.15) is 34.1 Å². The van der Waals surface area contributed by atoms with Crippen LogP contribution in [0.25, 0.3) is 0 Å². The molecule has 0 spiro atoms. The van der Waals surface area contributed by atoms with Gasteiger partial charge in [-0.2, -0.15) is 11.8 Å². The van der Waals surface area contributed by atoms with Crippen molar-refractivity contribution < 1.29 is 19.5 Å². The summed E-state index contributed by atoms with van der Waals surface area (Å²) in [5.41, 5.74) is -0.598. The summed E-state index contributed by atoms with van der Waals surface area (Å²) in [6.07, 6.45) is 2.22. The minimum absolute atomic E-state index is 0.254. The van der Waals surface area contributed by atoms with Crippen molar-refractivity contribution in [2.75, 3.05) is 12.0 Å². The van der Waals surface area contributed by atoms with E-state index >= 15 is 0 Å². The Kier molecular flexibility index (Phi) is 7.63. The van der Waals surface area contributed by atoms with Gasteiger partial charge in [-0.25, -0.2) is 4.79 Å². The normalized spacial score (nSPS) is 14.2. The largest absolute Gasteiger partial charge is 0.480 e. The molecule has 7 heteroatoms. The molecule has 0 aliphatic heterocycles. The highest BCUT2D eigenvalue weighted by Crippen LogP contribution is 2.12. The maximum absolute atomic E-state index is 11.9. The monoisotopic (exact) mass is 304 g/mol. The standard InChI is InChI=1S/C13H24N2O4S/c1-8(14-12(19)13(2,3)4)10(16)15-9(11(17)18)6-7-20-5/h8-9H,6-7H2,1-5H3,(H,14,19)(H,15,16)(H,17,18)/t8?,9-/m1/s1. The summed E-state index contributed by atoms with van der Waals surface area (Å²) in [5.74, 6) is -1.17. The van der Waals surface area contributed by atoms with Gasteiger partial charge in [-0.05, 0) is 25.4 Å². The molecule has 6 nitrogen and oxygen atoms in total. The fourth-order valence-electron chi connectivity index (χ4n) is 1.27. The highest BCUT2D eigenvalue weighted by molar-refractivity contribution is 7.98. The molecule has 0 fully saturated rings. The molecule has 0 aliphatic rings. The quantitative estimate of drug-likeness (QED) is 0.648. The molecule has 0 rings (SSSR count). The van der Waals surface area contributed by atoms with Crippen LogP contribution in [-0.4, -0.2) is 47.0 Å². The van der Waals surface area contributed by atoms with Crippen molar-refractivity contribution in [1.82, 2.24) is 10.6 Å². The molecule has 3 N–H and O–H groups in total. The van der Waals surface area contributed by atoms with Crippen LogP contribution in [0.4, 0.5) is 0 Å². The van der Waals surface area contributed by atoms with E-state index in [9.17, 15) is 14.4 Å². The second kappa shape index (κ2) is 8.14. The topological polar surface area (TPSA) is 95.5 Å². The van der Waals surface area contributed by atoms with E-state index in [2.05, 4.69) is 10.6 Å². The van der Waals surface area contributed by atoms with Gasteiger partial charge >= 0.3 is 5.97 Å². The van der Waals surface area contributed by atoms with Crippen LogP contribution >= 0.6 is 11.8 Å². The summed E-state index contributed by atoms with van der Waals surface area (Å²) in [5, 5.41) is 14.0. The lowest BCUT2D eigenvalue weighted by Gasteiger charge is -2.22. The molecular formula is C13H24N2O4S. The zero-order chi connectivity index (χ0) is 15.9. The van der Waals surface area contributed by atoms with Gasteiger partial charge in [-0.3, -0.25) is 9.59 Å². The highest BCUT2D eigenvalue weighted by Gasteiger charge is 2.27. The fourth-order valence-corrected chi connectivity index (χ4v) is 1.74. The van der Waals surface area contributed by atoms with Gasteiger partial charge < -0.3 is 15.7 Å². The summed E-state index contributed by atoms with van der Waals surface area (Å²) < 4.78 is 0. The Labute approximate surface area is 124 Å². The molecule has 116 valence electrons. The molecule has 0 aromatic carbocycles. The number of carboxylic acid groups (broad SMARTS) is 1. The molecule has 20 heavy (non-hydrogen) atoms. The third-order valence-electron chi connectivity index (χ3n) is 2.65. The van der Waals surface area contributed by atoms with E-state index in [0.29, 0.717) is 12.2 Å². The van der Waals surface area contributed by atoms with Gasteiger partial charge in [-0.15, -0.1) is 0 Å². The van der Waals surface area contributed by atoms with Gasteiger partial charge in [0.25, 0.3) is 0 Å². The molecule has 0 saturated carbocycles. The first-order valence-electron chi connectivity index (χ1n) is 6.42. The van der Waals surface area contributed by atoms with Crippen molar-refractivity contribution in [3.05, 3.63) is 0 Å². The van der Waals surface area contributed by atoms with Crippen LogP contribution < -0.4 is 10.6 Å². The predicted molar refractivity (Wildman–Crippen MR) is 79.6 cm³/mol. The summed E-state index contributed by atoms with van der Waals surface area (Å²) in [6, 6.07) is -1.69. The van der Waals surface area contributed by atoms with Crippen molar-refractivity contribution in [2.45, 2.75) is 46.2 Å². The second-order valence-corrected chi connectivity index (χ2v) is 6.61. The molecule has 0 heterocycles. The number of rotatable bonds is 7. The first-order valence-corrected chi connectivity index (χ1v) is 7.82. The third-order valence-corrected chi connectivity index (χ3v) is 3.29. The van der Waals surface area contributed by atoms with E-state index in [-0.39, 0.29) is 5.91 Å². The highest BCUT2D eigenvalue weighted by atomic mass is 32.2. The van der Waals surface area contributed by atoms with Crippen molar-refractivity contribution in [2.24, 2.45) is 5.41 Å². The molecule has 0 aliphatic carbocycles. The summed E-state index contributed by atoms with van der Waals surface area (Å²) in [4.78, 5) is 34.7. The Morgan fingerprint density at radius 1 is 1.20 bits per heavy atom. The van der Waals surface area contributed by atoms with E-state index < -0.39 is 29.4 Å². The van der Waals surface area contributed by atoms with E-state index in [4.69, 9.17) is 5.11 Å². The zero-order valence-electron chi connectivity index (χ0n) is 12.6. The Bertz CT molecular complexity index is 366. The first-order chi connectivity index (χ1) is 9.09. The predicted octanol–water partition coefficient (Wildman–Crippen LogP) is 0.860. The van der Waals surface area contributed by atoms with Crippen molar-refractivity contribution in [3.8, 4) is 0 Å². The van der Waals surface area contributed by atoms with E-state index in [0.717, 1.165) is 0 Å². The number of hydrogen-bond acceptors (Lipinski definition) is 4. The number of carbonyl (C=O) groups is 3. The van der Waals surface area contributed by atoms with E-state index in [1.165, 1.54) is 18.7 Å². The fraction of sp³-hybridized carbons (Fsp3) is 0.769. The average molecular weight is 304 g/mol. The SMILES string of the molecule is CSCC[C@@H](NC(=O)C(C)NC(=O)C(C)(C)C)C(=O)O. The second-order valence-electron chi connectivity index (χ2n) is 5.63. The Balaban J connectivity index is 4.50. The van der Waals surface area contributed by atoms with Gasteiger partial charge in [0.2, 0.25) is 11.8 Å². The van der Waals surface area contributed by atoms with Gasteiger partial charge in [0, 0.05) is 5.41 Å². The van der Waals surface area contributed by atoms with Crippen LogP contribution in [0, 0.1) is 5.41 Å². The van der Waals surface area contributed by atoms with Crippen molar-refractivity contribution >= 4 is 29.5 Å². The molecule has 1 unspecified atom stereocenters. The van der Waals surface area contributed by atoms with Crippen LogP contribution in [-0.2, 0) is 14.4 Å². The number of nitrogens with one attached hydrogen (secondary N) is 2. The minimum atomic E-state index is -1.07. The minimum Gasteiger partial charge on any atom is -0.480 e. The number of amides is 2. The molecular weight excluding hydrogens is 280 g/mol. The molecule has 0 bridgehead atoms. The van der Waals surface area contributed by atoms with Crippen LogP contribution in [0.3, 0.4) is 0 Å². The molecule has 0 saturated heterocycles. The summed E-state index contributed by atoms with van der Waals surface area (Å²) in [7, 11) is 0. The molecule has 2 amide bonds. The number of aliphatic carboxylic acids is 1. The van der Waals surface area contributed by atoms with Crippen LogP contribution in [0.15, 0.2) is 0 Å². The maximum Gasteiger partial charge on any atom is 0.326 e. The zero-order valence-corrected chi connectivity index (χ0v) is 13.5. The average Bonchev–Trinajstić information content (AvgIpc) is 2.32. The molecule has 2 atom stereocenters. The van der Waals surface area contributed by atoms with Crippen LogP contribution in [0.5, 0.6) is 0 Å². The van der Waals surface area contributed by atoms with E-state index in [1.54, 1.807) is 20.8 Å². The Morgan fingerprint density at radius 2 is 1.75 bits per heavy atom. The molecule has 0 radical (unpaired) electrons. The smallest absolute Gasteiger partial charge is 0.326 e. The number of thioether (sulfide) groups is 1. The Morgan fingerprint density at radius 3 is 2.15 bits per heavy atom. The van der Waals surface area contributed by atoms with Crippen LogP contribution in [0.2, 0.25) is 0 Å². The lowest BCUT2D eigenvalue weighted by Crippen LogP contribution is -2.52. The number of carboxylic acids is 1. The number of carbonyl (C=O) groups excluding carboxylic acids is 2. The maximum atomic E-state index is 11.9. The van der Waals surface area contributed by atoms with Gasteiger partial charge in [0.1, 0.15) is 12.1 Å². The lowest BCUT2D eigenvalue weighted by atomic mass is 9.95. The van der Waals surface area contributed by atoms with Gasteiger partial charge in [0.05, 0.1) is 0 Å².